The average Bonchev–Trinajstić information content (AvgIpc) is 3.01. The maximum Gasteiger partial charge on any atom is 0.416 e. The van der Waals surface area contributed by atoms with Crippen LogP contribution in [-0.2, 0) is 6.18 Å². The van der Waals surface area contributed by atoms with Crippen LogP contribution in [0.4, 0.5) is 13.2 Å². The van der Waals surface area contributed by atoms with Crippen LogP contribution < -0.4 is 10.5 Å². The van der Waals surface area contributed by atoms with E-state index in [1.54, 1.807) is 0 Å². The Labute approximate surface area is 133 Å². The van der Waals surface area contributed by atoms with E-state index >= 15 is 0 Å². The summed E-state index contributed by atoms with van der Waals surface area (Å²) in [7, 11) is 1.30. The topological polar surface area (TPSA) is 93.9 Å². The van der Waals surface area contributed by atoms with Crippen molar-refractivity contribution in [2.45, 2.75) is 6.18 Å². The van der Waals surface area contributed by atoms with Gasteiger partial charge in [-0.3, -0.25) is 9.89 Å². The predicted molar refractivity (Wildman–Crippen MR) is 79.4 cm³/mol. The zero-order valence-electron chi connectivity index (χ0n) is 12.3. The van der Waals surface area contributed by atoms with Crippen molar-refractivity contribution >= 4 is 16.8 Å². The summed E-state index contributed by atoms with van der Waals surface area (Å²) in [6.07, 6.45) is -3.12. The summed E-state index contributed by atoms with van der Waals surface area (Å²) in [5.74, 6) is -0.773. The minimum absolute atomic E-state index is 0.00637. The summed E-state index contributed by atoms with van der Waals surface area (Å²) in [6.45, 7) is 0. The van der Waals surface area contributed by atoms with Crippen LogP contribution >= 0.6 is 0 Å². The third kappa shape index (κ3) is 2.64. The molecule has 0 aliphatic heterocycles. The molecular weight excluding hydrogens is 325 g/mol. The zero-order chi connectivity index (χ0) is 17.5. The lowest BCUT2D eigenvalue weighted by molar-refractivity contribution is -0.137. The average molecular weight is 336 g/mol. The van der Waals surface area contributed by atoms with Crippen LogP contribution in [0.2, 0.25) is 0 Å². The van der Waals surface area contributed by atoms with E-state index in [2.05, 4.69) is 15.2 Å². The number of hydrogen-bond acceptors (Lipinski definition) is 4. The van der Waals surface area contributed by atoms with Gasteiger partial charge in [-0.05, 0) is 29.8 Å². The van der Waals surface area contributed by atoms with Gasteiger partial charge in [0.05, 0.1) is 24.4 Å². The SMILES string of the molecule is COc1nc(C(N)=O)ccc1-c1cc(C(F)(F)F)cc2[nH]ncc12. The number of nitrogens with two attached hydrogens (primary N) is 1. The minimum atomic E-state index is -4.53. The number of aromatic amines is 1. The van der Waals surface area contributed by atoms with Crippen LogP contribution in [0.3, 0.4) is 0 Å². The van der Waals surface area contributed by atoms with Crippen LogP contribution in [0.25, 0.3) is 22.0 Å². The third-order valence-electron chi connectivity index (χ3n) is 3.48. The summed E-state index contributed by atoms with van der Waals surface area (Å²) in [4.78, 5) is 15.2. The molecule has 0 atom stereocenters. The molecule has 6 nitrogen and oxygen atoms in total. The number of H-pyrrole nitrogens is 1. The molecule has 9 heteroatoms. The highest BCUT2D eigenvalue weighted by Crippen LogP contribution is 2.39. The molecule has 0 saturated carbocycles. The van der Waals surface area contributed by atoms with E-state index in [-0.39, 0.29) is 22.7 Å². The molecule has 0 radical (unpaired) electrons. The Balaban J connectivity index is 2.29. The highest BCUT2D eigenvalue weighted by molar-refractivity contribution is 5.97. The van der Waals surface area contributed by atoms with Crippen LogP contribution in [0.5, 0.6) is 5.88 Å². The normalized spacial score (nSPS) is 11.7. The molecule has 0 aliphatic carbocycles. The molecule has 124 valence electrons. The quantitative estimate of drug-likeness (QED) is 0.769. The Bertz CT molecular complexity index is 934. The van der Waals surface area contributed by atoms with Crippen molar-refractivity contribution < 1.29 is 22.7 Å². The van der Waals surface area contributed by atoms with Crippen LogP contribution in [0, 0.1) is 0 Å². The number of fused-ring (bicyclic) bond motifs is 1. The maximum absolute atomic E-state index is 13.1. The molecule has 0 aliphatic rings. The number of rotatable bonds is 3. The molecular formula is C15H11F3N4O2. The summed E-state index contributed by atoms with van der Waals surface area (Å²) in [5.41, 5.74) is 5.02. The van der Waals surface area contributed by atoms with Crippen LogP contribution in [0.1, 0.15) is 16.1 Å². The summed E-state index contributed by atoms with van der Waals surface area (Å²) >= 11 is 0. The lowest BCUT2D eigenvalue weighted by atomic mass is 9.99. The number of benzene rings is 1. The van der Waals surface area contributed by atoms with Crippen molar-refractivity contribution in [1.82, 2.24) is 15.2 Å². The lowest BCUT2D eigenvalue weighted by Crippen LogP contribution is -2.13. The molecule has 1 amide bonds. The minimum Gasteiger partial charge on any atom is -0.481 e. The number of methoxy groups -OCH3 is 1. The van der Waals surface area contributed by atoms with Gasteiger partial charge < -0.3 is 10.5 Å². The van der Waals surface area contributed by atoms with Crippen LogP contribution in [-0.4, -0.2) is 28.2 Å². The highest BCUT2D eigenvalue weighted by atomic mass is 19.4. The molecule has 0 bridgehead atoms. The first-order chi connectivity index (χ1) is 11.3. The predicted octanol–water partition coefficient (Wildman–Crippen LogP) is 2.75. The molecule has 1 aromatic carbocycles. The number of carbonyl (C=O) groups is 1. The number of hydrogen-bond donors (Lipinski definition) is 2. The van der Waals surface area contributed by atoms with Gasteiger partial charge in [-0.25, -0.2) is 4.98 Å². The van der Waals surface area contributed by atoms with Crippen molar-refractivity contribution in [2.24, 2.45) is 5.73 Å². The third-order valence-corrected chi connectivity index (χ3v) is 3.48. The smallest absolute Gasteiger partial charge is 0.416 e. The van der Waals surface area contributed by atoms with Crippen molar-refractivity contribution in [3.8, 4) is 17.0 Å². The van der Waals surface area contributed by atoms with Crippen molar-refractivity contribution in [1.29, 1.82) is 0 Å². The second-order valence-electron chi connectivity index (χ2n) is 4.97. The molecule has 3 aromatic rings. The Morgan fingerprint density at radius 3 is 2.62 bits per heavy atom. The Kier molecular flexibility index (Phi) is 3.63. The molecule has 3 rings (SSSR count). The molecule has 0 fully saturated rings. The largest absolute Gasteiger partial charge is 0.481 e. The number of amides is 1. The number of ether oxygens (including phenoxy) is 1. The number of primary amides is 1. The van der Waals surface area contributed by atoms with Crippen molar-refractivity contribution in [3.05, 3.63) is 41.7 Å². The number of pyridine rings is 1. The van der Waals surface area contributed by atoms with Gasteiger partial charge in [-0.2, -0.15) is 18.3 Å². The van der Waals surface area contributed by atoms with Gasteiger partial charge in [0, 0.05) is 10.9 Å². The molecule has 2 aromatic heterocycles. The van der Waals surface area contributed by atoms with Gasteiger partial charge in [-0.15, -0.1) is 0 Å². The number of nitrogens with zero attached hydrogens (tertiary/aromatic N) is 2. The number of carbonyl (C=O) groups excluding carboxylic acids is 1. The highest BCUT2D eigenvalue weighted by Gasteiger charge is 2.32. The van der Waals surface area contributed by atoms with E-state index in [0.717, 1.165) is 12.1 Å². The Morgan fingerprint density at radius 1 is 1.25 bits per heavy atom. The molecule has 2 heterocycles. The van der Waals surface area contributed by atoms with E-state index in [1.165, 1.54) is 25.4 Å². The second-order valence-corrected chi connectivity index (χ2v) is 4.97. The molecule has 3 N–H and O–H groups in total. The first kappa shape index (κ1) is 15.8. The van der Waals surface area contributed by atoms with E-state index in [0.29, 0.717) is 10.9 Å². The van der Waals surface area contributed by atoms with Gasteiger partial charge in [0.2, 0.25) is 5.88 Å². The summed E-state index contributed by atoms with van der Waals surface area (Å²) in [6, 6.07) is 4.73. The van der Waals surface area contributed by atoms with E-state index in [4.69, 9.17) is 10.5 Å². The molecule has 0 unspecified atom stereocenters. The molecule has 24 heavy (non-hydrogen) atoms. The number of aromatic nitrogens is 3. The first-order valence-corrected chi connectivity index (χ1v) is 6.71. The fourth-order valence-electron chi connectivity index (χ4n) is 2.38. The standard InChI is InChI=1S/C15H11F3N4O2/c1-24-14-8(2-3-11(21-14)13(19)23)9-4-7(15(16,17)18)5-12-10(9)6-20-22-12/h2-6H,1H3,(H2,19,23)(H,20,22). The fourth-order valence-corrected chi connectivity index (χ4v) is 2.38. The number of halogens is 3. The number of alkyl halides is 3. The van der Waals surface area contributed by atoms with Crippen LogP contribution in [0.15, 0.2) is 30.5 Å². The van der Waals surface area contributed by atoms with E-state index in [9.17, 15) is 18.0 Å². The van der Waals surface area contributed by atoms with E-state index < -0.39 is 17.6 Å². The maximum atomic E-state index is 13.1. The fraction of sp³-hybridized carbons (Fsp3) is 0.133. The Morgan fingerprint density at radius 2 is 2.00 bits per heavy atom. The lowest BCUT2D eigenvalue weighted by Gasteiger charge is -2.13. The molecule has 0 spiro atoms. The second kappa shape index (κ2) is 5.52. The van der Waals surface area contributed by atoms with Gasteiger partial charge in [0.15, 0.2) is 0 Å². The monoisotopic (exact) mass is 336 g/mol. The van der Waals surface area contributed by atoms with Gasteiger partial charge in [0.1, 0.15) is 5.69 Å². The summed E-state index contributed by atoms with van der Waals surface area (Å²) in [5, 5.41) is 6.78. The summed E-state index contributed by atoms with van der Waals surface area (Å²) < 4.78 is 44.5. The van der Waals surface area contributed by atoms with Gasteiger partial charge in [0.25, 0.3) is 5.91 Å². The Hall–Kier alpha value is -3.10. The van der Waals surface area contributed by atoms with Crippen molar-refractivity contribution in [3.63, 3.8) is 0 Å². The van der Waals surface area contributed by atoms with Crippen molar-refractivity contribution in [2.75, 3.05) is 7.11 Å². The number of nitrogens with one attached hydrogen (secondary N) is 1. The first-order valence-electron chi connectivity index (χ1n) is 6.71. The molecule has 0 saturated heterocycles. The van der Waals surface area contributed by atoms with Gasteiger partial charge in [-0.1, -0.05) is 0 Å². The van der Waals surface area contributed by atoms with E-state index in [1.807, 2.05) is 0 Å². The van der Waals surface area contributed by atoms with Gasteiger partial charge >= 0.3 is 6.18 Å². The zero-order valence-corrected chi connectivity index (χ0v) is 12.3.